The minimum absolute atomic E-state index is 0.0224. The molecule has 2 saturated heterocycles. The molecule has 0 aliphatic carbocycles. The Morgan fingerprint density at radius 3 is 2.70 bits per heavy atom. The minimum atomic E-state index is -4.21. The molecule has 0 radical (unpaired) electrons. The first-order chi connectivity index (χ1) is 15.5. The van der Waals surface area contributed by atoms with Crippen LogP contribution >= 0.6 is 31.0 Å². The van der Waals surface area contributed by atoms with Crippen LogP contribution in [0.1, 0.15) is 24.3 Å². The van der Waals surface area contributed by atoms with E-state index >= 15 is 0 Å². The number of nitrogens with zero attached hydrogens (tertiary/aromatic N) is 2. The SMILES string of the molecule is Nc1ccn([C@@H]2O[C@H](CO[P@]3(=O)OCC[C@H](c4cc(Cl)cc(Cl)c4)O3)[C@@H](O)C2(F)F)c(=O)n1. The van der Waals surface area contributed by atoms with Crippen molar-refractivity contribution in [2.75, 3.05) is 18.9 Å². The lowest BCUT2D eigenvalue weighted by atomic mass is 10.1. The number of hydrogen-bond acceptors (Lipinski definition) is 9. The number of aromatic nitrogens is 2. The second-order valence-electron chi connectivity index (χ2n) is 7.35. The van der Waals surface area contributed by atoms with Crippen LogP contribution in [-0.2, 0) is 22.9 Å². The molecule has 0 saturated carbocycles. The van der Waals surface area contributed by atoms with E-state index in [4.69, 9.17) is 47.2 Å². The normalized spacial score (nSPS) is 31.5. The van der Waals surface area contributed by atoms with Gasteiger partial charge < -0.3 is 15.6 Å². The zero-order chi connectivity index (χ0) is 24.0. The summed E-state index contributed by atoms with van der Waals surface area (Å²) >= 11 is 12.0. The molecule has 1 aromatic heterocycles. The summed E-state index contributed by atoms with van der Waals surface area (Å²) in [6.45, 7) is -0.795. The number of hydrogen-bond donors (Lipinski definition) is 2. The maximum atomic E-state index is 14.6. The van der Waals surface area contributed by atoms with E-state index in [1.807, 2.05) is 0 Å². The Hall–Kier alpha value is -1.63. The minimum Gasteiger partial charge on any atom is -0.384 e. The Bertz CT molecular complexity index is 1130. The lowest BCUT2D eigenvalue weighted by Gasteiger charge is -2.30. The van der Waals surface area contributed by atoms with Gasteiger partial charge in [-0.3, -0.25) is 18.1 Å². The number of phosphoric ester groups is 1. The van der Waals surface area contributed by atoms with Crippen molar-refractivity contribution in [1.82, 2.24) is 9.55 Å². The molecule has 4 rings (SSSR count). The number of anilines is 1. The van der Waals surface area contributed by atoms with Crippen molar-refractivity contribution in [3.63, 3.8) is 0 Å². The predicted molar refractivity (Wildman–Crippen MR) is 112 cm³/mol. The molecule has 0 amide bonds. The van der Waals surface area contributed by atoms with Crippen LogP contribution in [0.15, 0.2) is 35.3 Å². The molecule has 1 aromatic carbocycles. The van der Waals surface area contributed by atoms with E-state index in [0.29, 0.717) is 26.6 Å². The van der Waals surface area contributed by atoms with Crippen molar-refractivity contribution < 1.29 is 36.8 Å². The second-order valence-corrected chi connectivity index (χ2v) is 9.84. The first kappa shape index (κ1) is 24.5. The highest BCUT2D eigenvalue weighted by atomic mass is 35.5. The van der Waals surface area contributed by atoms with Gasteiger partial charge >= 0.3 is 19.4 Å². The Balaban J connectivity index is 1.46. The zero-order valence-electron chi connectivity index (χ0n) is 16.6. The van der Waals surface area contributed by atoms with Gasteiger partial charge in [-0.25, -0.2) is 9.36 Å². The van der Waals surface area contributed by atoms with Crippen molar-refractivity contribution in [3.8, 4) is 0 Å². The van der Waals surface area contributed by atoms with Crippen molar-refractivity contribution in [3.05, 3.63) is 56.6 Å². The highest BCUT2D eigenvalue weighted by molar-refractivity contribution is 7.48. The van der Waals surface area contributed by atoms with Crippen molar-refractivity contribution in [2.45, 2.75) is 36.9 Å². The van der Waals surface area contributed by atoms with Gasteiger partial charge in [0.2, 0.25) is 6.23 Å². The van der Waals surface area contributed by atoms with E-state index in [0.717, 1.165) is 12.3 Å². The maximum absolute atomic E-state index is 14.6. The molecule has 2 fully saturated rings. The van der Waals surface area contributed by atoms with Gasteiger partial charge in [0, 0.05) is 22.7 Å². The average Bonchev–Trinajstić information content (AvgIpc) is 2.95. The van der Waals surface area contributed by atoms with Crippen molar-refractivity contribution >= 4 is 36.8 Å². The largest absolute Gasteiger partial charge is 0.475 e. The molecule has 33 heavy (non-hydrogen) atoms. The van der Waals surface area contributed by atoms with Gasteiger partial charge in [-0.05, 0) is 29.8 Å². The topological polar surface area (TPSA) is 135 Å². The Morgan fingerprint density at radius 2 is 2.03 bits per heavy atom. The summed E-state index contributed by atoms with van der Waals surface area (Å²) in [5.74, 6) is -4.06. The Morgan fingerprint density at radius 1 is 1.33 bits per heavy atom. The summed E-state index contributed by atoms with van der Waals surface area (Å²) in [6.07, 6.45) is -5.70. The van der Waals surface area contributed by atoms with Gasteiger partial charge in [0.1, 0.15) is 11.9 Å². The molecular formula is C18H18Cl2F2N3O7P. The quantitative estimate of drug-likeness (QED) is 0.561. The third kappa shape index (κ3) is 5.08. The summed E-state index contributed by atoms with van der Waals surface area (Å²) in [5.41, 5.74) is 4.80. The summed E-state index contributed by atoms with van der Waals surface area (Å²) in [6, 6.07) is 5.78. The molecule has 2 aliphatic heterocycles. The fourth-order valence-electron chi connectivity index (χ4n) is 3.44. The molecule has 0 bridgehead atoms. The molecule has 2 aliphatic rings. The van der Waals surface area contributed by atoms with Gasteiger partial charge in [0.05, 0.1) is 19.3 Å². The van der Waals surface area contributed by atoms with Crippen LogP contribution in [0.3, 0.4) is 0 Å². The van der Waals surface area contributed by atoms with Crippen LogP contribution in [0.4, 0.5) is 14.6 Å². The summed E-state index contributed by atoms with van der Waals surface area (Å²) < 4.78 is 63.6. The van der Waals surface area contributed by atoms with Crippen molar-refractivity contribution in [2.24, 2.45) is 0 Å². The maximum Gasteiger partial charge on any atom is 0.475 e. The number of rotatable bonds is 5. The highest BCUT2D eigenvalue weighted by Crippen LogP contribution is 2.57. The molecule has 0 unspecified atom stereocenters. The fraction of sp³-hybridized carbons (Fsp3) is 0.444. The van der Waals surface area contributed by atoms with Gasteiger partial charge in [0.15, 0.2) is 6.10 Å². The third-order valence-electron chi connectivity index (χ3n) is 5.02. The Labute approximate surface area is 195 Å². The van der Waals surface area contributed by atoms with E-state index < -0.39 is 50.6 Å². The lowest BCUT2D eigenvalue weighted by Crippen LogP contribution is -2.42. The molecule has 10 nitrogen and oxygen atoms in total. The monoisotopic (exact) mass is 527 g/mol. The number of aliphatic hydroxyl groups excluding tert-OH is 1. The lowest BCUT2D eigenvalue weighted by molar-refractivity contribution is -0.140. The van der Waals surface area contributed by atoms with E-state index in [1.54, 1.807) is 12.1 Å². The number of nitrogen functional groups attached to an aromatic ring is 1. The second kappa shape index (κ2) is 9.20. The number of halogens is 4. The molecule has 2 aromatic rings. The predicted octanol–water partition coefficient (Wildman–Crippen LogP) is 3.33. The summed E-state index contributed by atoms with van der Waals surface area (Å²) in [7, 11) is -4.21. The molecule has 180 valence electrons. The first-order valence-corrected chi connectivity index (χ1v) is 11.8. The molecule has 0 spiro atoms. The fourth-order valence-corrected chi connectivity index (χ4v) is 5.38. The van der Waals surface area contributed by atoms with Gasteiger partial charge in [-0.1, -0.05) is 23.2 Å². The number of ether oxygens (including phenoxy) is 1. The smallest absolute Gasteiger partial charge is 0.384 e. The summed E-state index contributed by atoms with van der Waals surface area (Å²) in [5, 5.41) is 10.8. The molecule has 15 heteroatoms. The van der Waals surface area contributed by atoms with Crippen LogP contribution in [0.25, 0.3) is 0 Å². The van der Waals surface area contributed by atoms with Crippen LogP contribution in [0, 0.1) is 0 Å². The van der Waals surface area contributed by atoms with Gasteiger partial charge in [-0.15, -0.1) is 0 Å². The summed E-state index contributed by atoms with van der Waals surface area (Å²) in [4.78, 5) is 15.3. The van der Waals surface area contributed by atoms with Crippen molar-refractivity contribution in [1.29, 1.82) is 0 Å². The highest BCUT2D eigenvalue weighted by Gasteiger charge is 2.60. The molecular weight excluding hydrogens is 510 g/mol. The number of alkyl halides is 2. The first-order valence-electron chi connectivity index (χ1n) is 9.58. The van der Waals surface area contributed by atoms with Crippen LogP contribution in [0.2, 0.25) is 10.0 Å². The van der Waals surface area contributed by atoms with Gasteiger partial charge in [-0.2, -0.15) is 13.8 Å². The van der Waals surface area contributed by atoms with E-state index in [-0.39, 0.29) is 12.4 Å². The molecule has 3 heterocycles. The van der Waals surface area contributed by atoms with E-state index in [2.05, 4.69) is 4.98 Å². The van der Waals surface area contributed by atoms with Crippen LogP contribution in [0.5, 0.6) is 0 Å². The number of benzene rings is 1. The Kier molecular flexibility index (Phi) is 6.83. The molecule has 3 N–H and O–H groups in total. The van der Waals surface area contributed by atoms with E-state index in [9.17, 15) is 23.2 Å². The van der Waals surface area contributed by atoms with Gasteiger partial charge in [0.25, 0.3) is 0 Å². The van der Waals surface area contributed by atoms with Crippen LogP contribution in [-0.4, -0.2) is 46.0 Å². The number of phosphoric acid groups is 1. The van der Waals surface area contributed by atoms with E-state index in [1.165, 1.54) is 6.07 Å². The van der Waals surface area contributed by atoms with Crippen LogP contribution < -0.4 is 11.4 Å². The zero-order valence-corrected chi connectivity index (χ0v) is 19.1. The number of nitrogens with two attached hydrogens (primary N) is 1. The molecule has 5 atom stereocenters. The standard InChI is InChI=1S/C18H18Cl2F2N3O7P/c19-10-5-9(6-11(20)7-10)12-2-4-29-33(28,32-12)30-8-13-15(26)18(21,22)16(31-13)25-3-1-14(23)24-17(25)27/h1,3,5-7,12-13,15-16,26H,2,4,8H2,(H2,23,24,27)/t12-,13-,15-,16-,33+/m1/s1. The average molecular weight is 528 g/mol. The number of aliphatic hydroxyl groups is 1. The third-order valence-corrected chi connectivity index (χ3v) is 6.94.